The average molecular weight is 293 g/mol. The van der Waals surface area contributed by atoms with E-state index in [2.05, 4.69) is 11.1 Å². The Morgan fingerprint density at radius 3 is 2.60 bits per heavy atom. The van der Waals surface area contributed by atoms with Crippen molar-refractivity contribution in [1.82, 2.24) is 9.29 Å². The van der Waals surface area contributed by atoms with Crippen molar-refractivity contribution in [2.75, 3.05) is 18.8 Å². The highest BCUT2D eigenvalue weighted by molar-refractivity contribution is 7.89. The van der Waals surface area contributed by atoms with E-state index in [-0.39, 0.29) is 5.75 Å². The predicted molar refractivity (Wildman–Crippen MR) is 76.4 cm³/mol. The van der Waals surface area contributed by atoms with Crippen molar-refractivity contribution in [3.8, 4) is 6.07 Å². The molecule has 0 aromatic carbocycles. The first-order valence-electron chi connectivity index (χ1n) is 6.85. The monoisotopic (exact) mass is 293 g/mol. The van der Waals surface area contributed by atoms with E-state index in [0.29, 0.717) is 32.4 Å². The lowest BCUT2D eigenvalue weighted by Crippen LogP contribution is -2.45. The van der Waals surface area contributed by atoms with Crippen molar-refractivity contribution in [3.05, 3.63) is 30.1 Å². The number of pyridine rings is 1. The zero-order valence-corrected chi connectivity index (χ0v) is 12.4. The molecule has 0 bridgehead atoms. The van der Waals surface area contributed by atoms with Crippen LogP contribution < -0.4 is 0 Å². The first-order valence-corrected chi connectivity index (χ1v) is 8.45. The topological polar surface area (TPSA) is 74.1 Å². The van der Waals surface area contributed by atoms with Gasteiger partial charge in [0.25, 0.3) is 0 Å². The fraction of sp³-hybridized carbons (Fsp3) is 0.571. The summed E-state index contributed by atoms with van der Waals surface area (Å²) in [5.41, 5.74) is 0.0921. The lowest BCUT2D eigenvalue weighted by molar-refractivity contribution is 0.273. The van der Waals surface area contributed by atoms with Gasteiger partial charge in [-0.3, -0.25) is 4.98 Å². The highest BCUT2D eigenvalue weighted by atomic mass is 32.2. The third kappa shape index (κ3) is 2.84. The largest absolute Gasteiger partial charge is 0.260 e. The zero-order chi connectivity index (χ0) is 14.6. The second-order valence-corrected chi connectivity index (χ2v) is 7.21. The van der Waals surface area contributed by atoms with E-state index in [4.69, 9.17) is 0 Å². The summed E-state index contributed by atoms with van der Waals surface area (Å²) in [6.45, 7) is 2.65. The number of aromatic nitrogens is 1. The van der Waals surface area contributed by atoms with Crippen molar-refractivity contribution >= 4 is 10.0 Å². The Morgan fingerprint density at radius 2 is 2.10 bits per heavy atom. The SMILES string of the molecule is CCCS(=O)(=O)N1CCC(C#N)(c2ccccn2)CC1. The Balaban J connectivity index is 2.16. The van der Waals surface area contributed by atoms with Gasteiger partial charge in [-0.25, -0.2) is 12.7 Å². The number of nitriles is 1. The van der Waals surface area contributed by atoms with E-state index in [0.717, 1.165) is 5.69 Å². The minimum Gasteiger partial charge on any atom is -0.260 e. The first kappa shape index (κ1) is 14.9. The standard InChI is InChI=1S/C14H19N3O2S/c1-2-11-20(18,19)17-9-6-14(12-15,7-10-17)13-5-3-4-8-16-13/h3-5,8H,2,6-7,9-11H2,1H3. The van der Waals surface area contributed by atoms with Gasteiger partial charge < -0.3 is 0 Å². The molecule has 1 aromatic heterocycles. The van der Waals surface area contributed by atoms with E-state index >= 15 is 0 Å². The molecule has 20 heavy (non-hydrogen) atoms. The van der Waals surface area contributed by atoms with Crippen LogP contribution >= 0.6 is 0 Å². The Bertz CT molecular complexity index is 585. The van der Waals surface area contributed by atoms with Crippen LogP contribution in [0.5, 0.6) is 0 Å². The van der Waals surface area contributed by atoms with E-state index in [1.807, 2.05) is 25.1 Å². The van der Waals surface area contributed by atoms with Crippen LogP contribution in [0.4, 0.5) is 0 Å². The van der Waals surface area contributed by atoms with E-state index in [1.165, 1.54) is 4.31 Å². The molecule has 0 radical (unpaired) electrons. The van der Waals surface area contributed by atoms with E-state index in [9.17, 15) is 13.7 Å². The summed E-state index contributed by atoms with van der Waals surface area (Å²) in [5.74, 6) is 0.177. The maximum atomic E-state index is 12.0. The third-order valence-corrected chi connectivity index (χ3v) is 5.88. The van der Waals surface area contributed by atoms with Gasteiger partial charge in [0.2, 0.25) is 10.0 Å². The molecule has 1 aliphatic rings. The van der Waals surface area contributed by atoms with Crippen LogP contribution in [0.3, 0.4) is 0 Å². The first-order chi connectivity index (χ1) is 9.54. The molecule has 1 saturated heterocycles. The van der Waals surface area contributed by atoms with Gasteiger partial charge in [0.1, 0.15) is 5.41 Å². The van der Waals surface area contributed by atoms with Crippen LogP contribution in [0.2, 0.25) is 0 Å². The van der Waals surface area contributed by atoms with E-state index < -0.39 is 15.4 Å². The molecule has 0 amide bonds. The molecule has 5 nitrogen and oxygen atoms in total. The highest BCUT2D eigenvalue weighted by Crippen LogP contribution is 2.34. The minimum atomic E-state index is -3.17. The van der Waals surface area contributed by atoms with Crippen LogP contribution in [0.1, 0.15) is 31.9 Å². The Labute approximate surface area is 120 Å². The molecule has 0 unspecified atom stereocenters. The van der Waals surface area contributed by atoms with Crippen LogP contribution in [0.15, 0.2) is 24.4 Å². The Kier molecular flexibility index (Phi) is 4.41. The summed E-state index contributed by atoms with van der Waals surface area (Å²) in [6.07, 6.45) is 3.30. The molecule has 0 saturated carbocycles. The van der Waals surface area contributed by atoms with Crippen molar-refractivity contribution in [1.29, 1.82) is 5.26 Å². The number of nitrogens with zero attached hydrogens (tertiary/aromatic N) is 3. The van der Waals surface area contributed by atoms with Gasteiger partial charge in [0, 0.05) is 19.3 Å². The molecule has 1 fully saturated rings. The summed E-state index contributed by atoms with van der Waals surface area (Å²) >= 11 is 0. The molecule has 2 rings (SSSR count). The summed E-state index contributed by atoms with van der Waals surface area (Å²) < 4.78 is 25.6. The number of piperidine rings is 1. The molecule has 2 heterocycles. The fourth-order valence-corrected chi connectivity index (χ4v) is 4.12. The number of rotatable bonds is 4. The van der Waals surface area contributed by atoms with Crippen LogP contribution in [0.25, 0.3) is 0 Å². The molecule has 6 heteroatoms. The van der Waals surface area contributed by atoms with Gasteiger partial charge in [-0.15, -0.1) is 0 Å². The summed E-state index contributed by atoms with van der Waals surface area (Å²) in [7, 11) is -3.17. The quantitative estimate of drug-likeness (QED) is 0.846. The van der Waals surface area contributed by atoms with Crippen molar-refractivity contribution in [3.63, 3.8) is 0 Å². The van der Waals surface area contributed by atoms with Crippen LogP contribution in [-0.2, 0) is 15.4 Å². The highest BCUT2D eigenvalue weighted by Gasteiger charge is 2.40. The molecule has 108 valence electrons. The molecule has 0 aliphatic carbocycles. The molecular formula is C14H19N3O2S. The minimum absolute atomic E-state index is 0.177. The third-order valence-electron chi connectivity index (χ3n) is 3.80. The molecular weight excluding hydrogens is 274 g/mol. The zero-order valence-electron chi connectivity index (χ0n) is 11.6. The van der Waals surface area contributed by atoms with Crippen LogP contribution in [-0.4, -0.2) is 36.5 Å². The molecule has 1 aliphatic heterocycles. The van der Waals surface area contributed by atoms with Gasteiger partial charge >= 0.3 is 0 Å². The molecule has 0 N–H and O–H groups in total. The average Bonchev–Trinajstić information content (AvgIpc) is 2.48. The smallest absolute Gasteiger partial charge is 0.214 e. The second kappa shape index (κ2) is 5.90. The number of hydrogen-bond donors (Lipinski definition) is 0. The van der Waals surface area contributed by atoms with Crippen molar-refractivity contribution in [2.24, 2.45) is 0 Å². The number of hydrogen-bond acceptors (Lipinski definition) is 4. The molecule has 1 aromatic rings. The number of sulfonamides is 1. The Morgan fingerprint density at radius 1 is 1.40 bits per heavy atom. The van der Waals surface area contributed by atoms with E-state index in [1.54, 1.807) is 6.20 Å². The van der Waals surface area contributed by atoms with Gasteiger partial charge in [0.15, 0.2) is 0 Å². The lowest BCUT2D eigenvalue weighted by Gasteiger charge is -2.36. The normalized spacial score (nSPS) is 19.4. The van der Waals surface area contributed by atoms with Gasteiger partial charge in [0.05, 0.1) is 17.5 Å². The molecule has 0 spiro atoms. The fourth-order valence-electron chi connectivity index (χ4n) is 2.60. The molecule has 0 atom stereocenters. The van der Waals surface area contributed by atoms with Crippen molar-refractivity contribution < 1.29 is 8.42 Å². The maximum absolute atomic E-state index is 12.0. The summed E-state index contributed by atoms with van der Waals surface area (Å²) in [4.78, 5) is 4.28. The van der Waals surface area contributed by atoms with Gasteiger partial charge in [-0.1, -0.05) is 13.0 Å². The van der Waals surface area contributed by atoms with Crippen molar-refractivity contribution in [2.45, 2.75) is 31.6 Å². The predicted octanol–water partition coefficient (Wildman–Crippen LogP) is 1.68. The second-order valence-electron chi connectivity index (χ2n) is 5.12. The summed E-state index contributed by atoms with van der Waals surface area (Å²) in [5, 5.41) is 9.53. The van der Waals surface area contributed by atoms with Gasteiger partial charge in [-0.2, -0.15) is 5.26 Å². The van der Waals surface area contributed by atoms with Crippen LogP contribution in [0, 0.1) is 11.3 Å². The lowest BCUT2D eigenvalue weighted by atomic mass is 9.77. The summed E-state index contributed by atoms with van der Waals surface area (Å²) in [6, 6.07) is 7.88. The Hall–Kier alpha value is -1.45. The van der Waals surface area contributed by atoms with Gasteiger partial charge in [-0.05, 0) is 31.4 Å². The maximum Gasteiger partial charge on any atom is 0.214 e.